The van der Waals surface area contributed by atoms with Crippen molar-refractivity contribution in [2.24, 2.45) is 17.3 Å². The van der Waals surface area contributed by atoms with E-state index in [1.165, 1.54) is 32.1 Å². The summed E-state index contributed by atoms with van der Waals surface area (Å²) in [6, 6.07) is 0. The molecule has 1 saturated heterocycles. The molecule has 1 saturated carbocycles. The molecular weight excluding hydrogens is 248 g/mol. The third-order valence-corrected chi connectivity index (χ3v) is 5.73. The number of hydrogen-bond acceptors (Lipinski definition) is 2. The second kappa shape index (κ2) is 7.44. The van der Waals surface area contributed by atoms with Gasteiger partial charge in [-0.25, -0.2) is 0 Å². The molecule has 0 spiro atoms. The van der Waals surface area contributed by atoms with Crippen molar-refractivity contribution in [1.29, 1.82) is 0 Å². The molecule has 1 heterocycles. The molecule has 2 fully saturated rings. The van der Waals surface area contributed by atoms with Crippen molar-refractivity contribution in [3.05, 3.63) is 0 Å². The van der Waals surface area contributed by atoms with Gasteiger partial charge in [-0.15, -0.1) is 0 Å². The summed E-state index contributed by atoms with van der Waals surface area (Å²) in [5, 5.41) is 6.67. The number of rotatable bonds is 5. The summed E-state index contributed by atoms with van der Waals surface area (Å²) in [7, 11) is 0. The summed E-state index contributed by atoms with van der Waals surface area (Å²) in [6.07, 6.45) is 9.77. The normalized spacial score (nSPS) is 34.7. The van der Waals surface area contributed by atoms with Gasteiger partial charge in [0.2, 0.25) is 5.91 Å². The summed E-state index contributed by atoms with van der Waals surface area (Å²) >= 11 is 0. The van der Waals surface area contributed by atoms with E-state index < -0.39 is 0 Å². The van der Waals surface area contributed by atoms with Crippen LogP contribution in [-0.2, 0) is 4.79 Å². The monoisotopic (exact) mass is 280 g/mol. The highest BCUT2D eigenvalue weighted by Gasteiger charge is 2.37. The van der Waals surface area contributed by atoms with Gasteiger partial charge in [-0.1, -0.05) is 33.1 Å². The first-order chi connectivity index (χ1) is 9.70. The smallest absolute Gasteiger partial charge is 0.227 e. The highest BCUT2D eigenvalue weighted by atomic mass is 16.2. The van der Waals surface area contributed by atoms with Crippen molar-refractivity contribution in [1.82, 2.24) is 10.6 Å². The van der Waals surface area contributed by atoms with Crippen LogP contribution in [0.1, 0.15) is 65.2 Å². The minimum atomic E-state index is -0.140. The lowest BCUT2D eigenvalue weighted by atomic mass is 9.77. The molecule has 1 aliphatic carbocycles. The van der Waals surface area contributed by atoms with E-state index >= 15 is 0 Å². The molecule has 1 aliphatic heterocycles. The Morgan fingerprint density at radius 1 is 1.20 bits per heavy atom. The lowest BCUT2D eigenvalue weighted by Gasteiger charge is -2.36. The Balaban J connectivity index is 1.77. The Kier molecular flexibility index (Phi) is 5.88. The molecular formula is C17H32N2O. The number of amides is 1. The number of hydrogen-bond donors (Lipinski definition) is 2. The quantitative estimate of drug-likeness (QED) is 0.812. The molecule has 0 aromatic heterocycles. The summed E-state index contributed by atoms with van der Waals surface area (Å²) in [6.45, 7) is 7.28. The molecule has 116 valence electrons. The van der Waals surface area contributed by atoms with Crippen LogP contribution in [0.5, 0.6) is 0 Å². The van der Waals surface area contributed by atoms with Gasteiger partial charge in [-0.2, -0.15) is 0 Å². The fourth-order valence-corrected chi connectivity index (χ4v) is 3.89. The van der Waals surface area contributed by atoms with E-state index in [2.05, 4.69) is 24.5 Å². The number of piperidine rings is 1. The Labute approximate surface area is 124 Å². The number of nitrogens with one attached hydrogen (secondary N) is 2. The topological polar surface area (TPSA) is 41.1 Å². The molecule has 2 rings (SSSR count). The van der Waals surface area contributed by atoms with Crippen LogP contribution in [0.2, 0.25) is 0 Å². The van der Waals surface area contributed by atoms with E-state index in [1.807, 2.05) is 0 Å². The van der Waals surface area contributed by atoms with Crippen molar-refractivity contribution < 1.29 is 4.79 Å². The fourth-order valence-electron chi connectivity index (χ4n) is 3.89. The van der Waals surface area contributed by atoms with Gasteiger partial charge in [0.1, 0.15) is 0 Å². The zero-order valence-electron chi connectivity index (χ0n) is 13.3. The van der Waals surface area contributed by atoms with Gasteiger partial charge in [0, 0.05) is 13.1 Å². The summed E-state index contributed by atoms with van der Waals surface area (Å²) in [5.41, 5.74) is -0.140. The molecule has 3 heteroatoms. The van der Waals surface area contributed by atoms with Crippen LogP contribution in [0, 0.1) is 17.3 Å². The zero-order chi connectivity index (χ0) is 14.4. The van der Waals surface area contributed by atoms with Gasteiger partial charge in [0.25, 0.3) is 0 Å². The Bertz CT molecular complexity index is 302. The van der Waals surface area contributed by atoms with E-state index in [4.69, 9.17) is 0 Å². The zero-order valence-corrected chi connectivity index (χ0v) is 13.3. The van der Waals surface area contributed by atoms with Crippen LogP contribution in [0.15, 0.2) is 0 Å². The minimum Gasteiger partial charge on any atom is -0.355 e. The first-order valence-corrected chi connectivity index (χ1v) is 8.69. The molecule has 3 nitrogen and oxygen atoms in total. The van der Waals surface area contributed by atoms with E-state index in [0.29, 0.717) is 11.8 Å². The first kappa shape index (κ1) is 15.8. The average molecular weight is 280 g/mol. The van der Waals surface area contributed by atoms with Crippen LogP contribution in [-0.4, -0.2) is 25.5 Å². The van der Waals surface area contributed by atoms with E-state index in [1.54, 1.807) is 0 Å². The molecule has 0 aromatic carbocycles. The Morgan fingerprint density at radius 2 is 1.90 bits per heavy atom. The maximum absolute atomic E-state index is 12.6. The number of carbonyl (C=O) groups is 1. The van der Waals surface area contributed by atoms with E-state index in [-0.39, 0.29) is 5.41 Å². The Morgan fingerprint density at radius 3 is 2.45 bits per heavy atom. The van der Waals surface area contributed by atoms with Gasteiger partial charge in [0.05, 0.1) is 5.41 Å². The fraction of sp³-hybridized carbons (Fsp3) is 0.941. The standard InChI is InChI=1S/C17H32N2O/c1-3-14-6-8-15(9-7-14)12-19-16(20)17(4-2)10-5-11-18-13-17/h14-15,18H,3-13H2,1-2H3,(H,19,20). The van der Waals surface area contributed by atoms with Crippen LogP contribution in [0.4, 0.5) is 0 Å². The highest BCUT2D eigenvalue weighted by molar-refractivity contribution is 5.83. The molecule has 1 amide bonds. The molecule has 20 heavy (non-hydrogen) atoms. The largest absolute Gasteiger partial charge is 0.355 e. The molecule has 1 unspecified atom stereocenters. The van der Waals surface area contributed by atoms with Gasteiger partial charge in [-0.05, 0) is 50.5 Å². The predicted molar refractivity (Wildman–Crippen MR) is 83.6 cm³/mol. The van der Waals surface area contributed by atoms with Gasteiger partial charge in [0.15, 0.2) is 0 Å². The lowest BCUT2D eigenvalue weighted by molar-refractivity contribution is -0.132. The van der Waals surface area contributed by atoms with Crippen molar-refractivity contribution >= 4 is 5.91 Å². The lowest BCUT2D eigenvalue weighted by Crippen LogP contribution is -2.51. The summed E-state index contributed by atoms with van der Waals surface area (Å²) < 4.78 is 0. The first-order valence-electron chi connectivity index (χ1n) is 8.69. The third-order valence-electron chi connectivity index (χ3n) is 5.73. The van der Waals surface area contributed by atoms with Gasteiger partial charge < -0.3 is 10.6 Å². The van der Waals surface area contributed by atoms with Crippen molar-refractivity contribution in [3.63, 3.8) is 0 Å². The van der Waals surface area contributed by atoms with E-state index in [9.17, 15) is 4.79 Å². The van der Waals surface area contributed by atoms with Crippen LogP contribution >= 0.6 is 0 Å². The predicted octanol–water partition coefficient (Wildman–Crippen LogP) is 3.10. The maximum atomic E-state index is 12.6. The molecule has 1 atom stereocenters. The van der Waals surface area contributed by atoms with Crippen molar-refractivity contribution in [2.45, 2.75) is 65.2 Å². The summed E-state index contributed by atoms with van der Waals surface area (Å²) in [4.78, 5) is 12.6. The minimum absolute atomic E-state index is 0.140. The van der Waals surface area contributed by atoms with Gasteiger partial charge >= 0.3 is 0 Å². The second-order valence-electron chi connectivity index (χ2n) is 6.92. The van der Waals surface area contributed by atoms with Crippen LogP contribution in [0.3, 0.4) is 0 Å². The Hall–Kier alpha value is -0.570. The molecule has 0 radical (unpaired) electrons. The van der Waals surface area contributed by atoms with Crippen LogP contribution < -0.4 is 10.6 Å². The molecule has 0 aromatic rings. The average Bonchev–Trinajstić information content (AvgIpc) is 2.53. The highest BCUT2D eigenvalue weighted by Crippen LogP contribution is 2.32. The van der Waals surface area contributed by atoms with Gasteiger partial charge in [-0.3, -0.25) is 4.79 Å². The molecule has 0 bridgehead atoms. The van der Waals surface area contributed by atoms with Crippen molar-refractivity contribution in [2.75, 3.05) is 19.6 Å². The molecule has 2 N–H and O–H groups in total. The van der Waals surface area contributed by atoms with E-state index in [0.717, 1.165) is 44.8 Å². The molecule has 2 aliphatic rings. The SMILES string of the molecule is CCC1CCC(CNC(=O)C2(CC)CCCNC2)CC1. The second-order valence-corrected chi connectivity index (χ2v) is 6.92. The third kappa shape index (κ3) is 3.75. The van der Waals surface area contributed by atoms with Crippen LogP contribution in [0.25, 0.3) is 0 Å². The maximum Gasteiger partial charge on any atom is 0.227 e. The van der Waals surface area contributed by atoms with Crippen molar-refractivity contribution in [3.8, 4) is 0 Å². The summed E-state index contributed by atoms with van der Waals surface area (Å²) in [5.74, 6) is 1.95. The number of carbonyl (C=O) groups excluding carboxylic acids is 1.